The molecular weight excluding hydrogens is 422 g/mol. The van der Waals surface area contributed by atoms with E-state index in [2.05, 4.69) is 10.9 Å². The number of benzene rings is 2. The summed E-state index contributed by atoms with van der Waals surface area (Å²) in [7, 11) is -0.662. The SMILES string of the molecule is C#CCn1c(=NC(=O)c2ccc(S(=O)(=O)N(C)C)cc2)sc2cc(OCC)ccc21. The van der Waals surface area contributed by atoms with Crippen LogP contribution < -0.4 is 9.54 Å². The highest BCUT2D eigenvalue weighted by Gasteiger charge is 2.17. The Morgan fingerprint density at radius 1 is 1.23 bits per heavy atom. The van der Waals surface area contributed by atoms with Crippen LogP contribution in [-0.2, 0) is 16.6 Å². The molecule has 9 heteroatoms. The first kappa shape index (κ1) is 21.8. The number of terminal acetylenes is 1. The van der Waals surface area contributed by atoms with Crippen molar-refractivity contribution < 1.29 is 17.9 Å². The largest absolute Gasteiger partial charge is 0.494 e. The summed E-state index contributed by atoms with van der Waals surface area (Å²) in [6, 6.07) is 11.3. The minimum absolute atomic E-state index is 0.108. The Kier molecular flexibility index (Phi) is 6.41. The van der Waals surface area contributed by atoms with Crippen LogP contribution in [0.5, 0.6) is 5.75 Å². The Bertz CT molecular complexity index is 1290. The Labute approximate surface area is 179 Å². The second kappa shape index (κ2) is 8.83. The molecule has 1 aromatic heterocycles. The second-order valence-electron chi connectivity index (χ2n) is 6.47. The summed E-state index contributed by atoms with van der Waals surface area (Å²) < 4.78 is 33.7. The van der Waals surface area contributed by atoms with E-state index in [1.54, 1.807) is 4.57 Å². The van der Waals surface area contributed by atoms with Gasteiger partial charge in [-0.1, -0.05) is 17.3 Å². The van der Waals surface area contributed by atoms with Crippen molar-refractivity contribution in [3.05, 3.63) is 52.8 Å². The van der Waals surface area contributed by atoms with Crippen LogP contribution in [0.3, 0.4) is 0 Å². The van der Waals surface area contributed by atoms with Gasteiger partial charge < -0.3 is 9.30 Å². The van der Waals surface area contributed by atoms with Crippen LogP contribution in [-0.4, -0.2) is 43.9 Å². The summed E-state index contributed by atoms with van der Waals surface area (Å²) >= 11 is 1.34. The molecule has 0 atom stereocenters. The minimum Gasteiger partial charge on any atom is -0.494 e. The molecule has 0 spiro atoms. The van der Waals surface area contributed by atoms with E-state index in [1.807, 2.05) is 25.1 Å². The number of sulfonamides is 1. The number of rotatable bonds is 6. The maximum atomic E-state index is 12.7. The Morgan fingerprint density at radius 3 is 2.53 bits per heavy atom. The third-order valence-electron chi connectivity index (χ3n) is 4.29. The highest BCUT2D eigenvalue weighted by atomic mass is 32.2. The van der Waals surface area contributed by atoms with Crippen molar-refractivity contribution in [2.75, 3.05) is 20.7 Å². The van der Waals surface area contributed by atoms with Crippen molar-refractivity contribution in [2.24, 2.45) is 4.99 Å². The zero-order valence-corrected chi connectivity index (χ0v) is 18.5. The van der Waals surface area contributed by atoms with Gasteiger partial charge >= 0.3 is 0 Å². The fraction of sp³-hybridized carbons (Fsp3) is 0.238. The van der Waals surface area contributed by atoms with Crippen LogP contribution >= 0.6 is 11.3 Å². The van der Waals surface area contributed by atoms with Crippen molar-refractivity contribution in [3.63, 3.8) is 0 Å². The number of carbonyl (C=O) groups is 1. The first-order valence-electron chi connectivity index (χ1n) is 9.09. The van der Waals surface area contributed by atoms with Gasteiger partial charge in [0.1, 0.15) is 5.75 Å². The summed E-state index contributed by atoms with van der Waals surface area (Å²) in [5.74, 6) is 2.84. The van der Waals surface area contributed by atoms with E-state index < -0.39 is 15.9 Å². The van der Waals surface area contributed by atoms with Crippen molar-refractivity contribution >= 4 is 37.5 Å². The fourth-order valence-electron chi connectivity index (χ4n) is 2.77. The third-order valence-corrected chi connectivity index (χ3v) is 7.16. The average molecular weight is 444 g/mol. The van der Waals surface area contributed by atoms with Gasteiger partial charge in [0.05, 0.1) is 28.3 Å². The molecule has 1 heterocycles. The minimum atomic E-state index is -3.56. The summed E-state index contributed by atoms with van der Waals surface area (Å²) in [5, 5.41) is 0. The third kappa shape index (κ3) is 4.31. The van der Waals surface area contributed by atoms with Crippen molar-refractivity contribution in [1.82, 2.24) is 8.87 Å². The van der Waals surface area contributed by atoms with Crippen LogP contribution in [0.4, 0.5) is 0 Å². The van der Waals surface area contributed by atoms with Gasteiger partial charge in [0, 0.05) is 19.7 Å². The number of fused-ring (bicyclic) bond motifs is 1. The lowest BCUT2D eigenvalue weighted by molar-refractivity contribution is 0.0998. The Morgan fingerprint density at radius 2 is 1.93 bits per heavy atom. The lowest BCUT2D eigenvalue weighted by Crippen LogP contribution is -2.22. The molecule has 0 fully saturated rings. The van der Waals surface area contributed by atoms with Crippen molar-refractivity contribution in [1.29, 1.82) is 0 Å². The number of nitrogens with zero attached hydrogens (tertiary/aromatic N) is 3. The van der Waals surface area contributed by atoms with E-state index in [0.29, 0.717) is 11.4 Å². The lowest BCUT2D eigenvalue weighted by atomic mass is 10.2. The molecule has 0 aliphatic heterocycles. The number of ether oxygens (including phenoxy) is 1. The number of carbonyl (C=O) groups excluding carboxylic acids is 1. The van der Waals surface area contributed by atoms with Crippen LogP contribution in [0.1, 0.15) is 17.3 Å². The summed E-state index contributed by atoms with van der Waals surface area (Å²) in [4.78, 5) is 17.5. The molecule has 0 unspecified atom stereocenters. The van der Waals surface area contributed by atoms with Gasteiger partial charge in [0.2, 0.25) is 10.0 Å². The highest BCUT2D eigenvalue weighted by molar-refractivity contribution is 7.89. The summed E-state index contributed by atoms with van der Waals surface area (Å²) in [6.45, 7) is 2.72. The Balaban J connectivity index is 2.02. The maximum absolute atomic E-state index is 12.7. The van der Waals surface area contributed by atoms with E-state index in [1.165, 1.54) is 49.7 Å². The average Bonchev–Trinajstić information content (AvgIpc) is 3.05. The molecule has 7 nitrogen and oxygen atoms in total. The molecule has 0 saturated heterocycles. The first-order chi connectivity index (χ1) is 14.3. The monoisotopic (exact) mass is 443 g/mol. The summed E-state index contributed by atoms with van der Waals surface area (Å²) in [6.07, 6.45) is 5.50. The molecule has 156 valence electrons. The number of hydrogen-bond donors (Lipinski definition) is 0. The molecule has 0 aliphatic rings. The van der Waals surface area contributed by atoms with Gasteiger partial charge in [-0.2, -0.15) is 4.99 Å². The predicted octanol–water partition coefficient (Wildman–Crippen LogP) is 2.73. The first-order valence-corrected chi connectivity index (χ1v) is 11.3. The predicted molar refractivity (Wildman–Crippen MR) is 117 cm³/mol. The van der Waals surface area contributed by atoms with Crippen LogP contribution in [0, 0.1) is 12.3 Å². The van der Waals surface area contributed by atoms with Crippen LogP contribution in [0.25, 0.3) is 10.2 Å². The molecular formula is C21H21N3O4S2. The van der Waals surface area contributed by atoms with Crippen molar-refractivity contribution in [3.8, 4) is 18.1 Å². The van der Waals surface area contributed by atoms with E-state index in [0.717, 1.165) is 20.3 Å². The summed E-state index contributed by atoms with van der Waals surface area (Å²) in [5.41, 5.74) is 1.15. The number of amides is 1. The molecule has 0 aliphatic carbocycles. The number of thiazole rings is 1. The molecule has 1 amide bonds. The topological polar surface area (TPSA) is 81.0 Å². The standard InChI is InChI=1S/C21H21N3O4S2/c1-5-13-24-18-12-9-16(28-6-2)14-19(18)29-21(24)22-20(25)15-7-10-17(11-8-15)30(26,27)23(3)4/h1,7-12,14H,6,13H2,2-4H3. The van der Waals surface area contributed by atoms with Crippen LogP contribution in [0.2, 0.25) is 0 Å². The van der Waals surface area contributed by atoms with E-state index in [4.69, 9.17) is 11.2 Å². The van der Waals surface area contributed by atoms with E-state index in [-0.39, 0.29) is 17.0 Å². The maximum Gasteiger partial charge on any atom is 0.279 e. The molecule has 3 rings (SSSR count). The molecule has 3 aromatic rings. The lowest BCUT2D eigenvalue weighted by Gasteiger charge is -2.11. The van der Waals surface area contributed by atoms with Gasteiger partial charge in [-0.3, -0.25) is 4.79 Å². The van der Waals surface area contributed by atoms with Gasteiger partial charge in [-0.05, 0) is 49.4 Å². The number of hydrogen-bond acceptors (Lipinski definition) is 5. The fourth-order valence-corrected chi connectivity index (χ4v) is 4.73. The molecule has 0 N–H and O–H groups in total. The molecule has 30 heavy (non-hydrogen) atoms. The van der Waals surface area contributed by atoms with Crippen molar-refractivity contribution in [2.45, 2.75) is 18.4 Å². The second-order valence-corrected chi connectivity index (χ2v) is 9.63. The zero-order chi connectivity index (χ0) is 21.9. The van der Waals surface area contributed by atoms with Gasteiger partial charge in [-0.15, -0.1) is 6.42 Å². The van der Waals surface area contributed by atoms with Gasteiger partial charge in [-0.25, -0.2) is 12.7 Å². The molecule has 0 saturated carbocycles. The van der Waals surface area contributed by atoms with Gasteiger partial charge in [0.15, 0.2) is 4.80 Å². The zero-order valence-electron chi connectivity index (χ0n) is 16.8. The molecule has 0 radical (unpaired) electrons. The highest BCUT2D eigenvalue weighted by Crippen LogP contribution is 2.23. The van der Waals surface area contributed by atoms with E-state index >= 15 is 0 Å². The smallest absolute Gasteiger partial charge is 0.279 e. The van der Waals surface area contributed by atoms with Gasteiger partial charge in [0.25, 0.3) is 5.91 Å². The van der Waals surface area contributed by atoms with Crippen LogP contribution in [0.15, 0.2) is 52.4 Å². The number of aromatic nitrogens is 1. The molecule has 2 aromatic carbocycles. The quantitative estimate of drug-likeness (QED) is 0.549. The Hall–Kier alpha value is -2.93. The van der Waals surface area contributed by atoms with E-state index in [9.17, 15) is 13.2 Å². The normalized spacial score (nSPS) is 12.3. The molecule has 0 bridgehead atoms.